The molecule has 1 aliphatic heterocycles. The highest BCUT2D eigenvalue weighted by Gasteiger charge is 2.27. The topological polar surface area (TPSA) is 78.8 Å². The van der Waals surface area contributed by atoms with Gasteiger partial charge in [0, 0.05) is 18.7 Å². The number of benzene rings is 2. The zero-order valence-electron chi connectivity index (χ0n) is 15.7. The lowest BCUT2D eigenvalue weighted by Gasteiger charge is -2.15. The van der Waals surface area contributed by atoms with Crippen molar-refractivity contribution >= 4 is 28.2 Å². The van der Waals surface area contributed by atoms with Crippen molar-refractivity contribution in [3.05, 3.63) is 71.3 Å². The molecule has 6 nitrogen and oxygen atoms in total. The SMILES string of the molecule is CC(/C=N\NC(=O)c1cccc(S(=O)(=O)N2CCCC2)c1)=C\c1ccccc1. The fourth-order valence-electron chi connectivity index (χ4n) is 2.98. The summed E-state index contributed by atoms with van der Waals surface area (Å²) >= 11 is 0. The Morgan fingerprint density at radius 1 is 1.07 bits per heavy atom. The number of hydrazone groups is 1. The van der Waals surface area contributed by atoms with Gasteiger partial charge < -0.3 is 0 Å². The molecule has 28 heavy (non-hydrogen) atoms. The van der Waals surface area contributed by atoms with Crippen LogP contribution in [0.5, 0.6) is 0 Å². The second-order valence-electron chi connectivity index (χ2n) is 6.64. The molecule has 0 radical (unpaired) electrons. The molecule has 2 aromatic rings. The highest BCUT2D eigenvalue weighted by molar-refractivity contribution is 7.89. The van der Waals surface area contributed by atoms with E-state index in [0.717, 1.165) is 24.0 Å². The van der Waals surface area contributed by atoms with Crippen molar-refractivity contribution in [1.29, 1.82) is 0 Å². The average molecular weight is 398 g/mol. The van der Waals surface area contributed by atoms with E-state index < -0.39 is 15.9 Å². The molecular formula is C21H23N3O3S. The fourth-order valence-corrected chi connectivity index (χ4v) is 4.55. The van der Waals surface area contributed by atoms with Gasteiger partial charge in [0.2, 0.25) is 10.0 Å². The minimum atomic E-state index is -3.56. The van der Waals surface area contributed by atoms with Gasteiger partial charge in [0.25, 0.3) is 5.91 Å². The van der Waals surface area contributed by atoms with Gasteiger partial charge in [0.1, 0.15) is 0 Å². The predicted octanol–water partition coefficient (Wildman–Crippen LogP) is 3.29. The zero-order valence-corrected chi connectivity index (χ0v) is 16.5. The number of carbonyl (C=O) groups excluding carboxylic acids is 1. The van der Waals surface area contributed by atoms with Crippen LogP contribution in [0.2, 0.25) is 0 Å². The Hall–Kier alpha value is -2.77. The van der Waals surface area contributed by atoms with Gasteiger partial charge in [-0.2, -0.15) is 9.41 Å². The van der Waals surface area contributed by atoms with Crippen molar-refractivity contribution in [2.24, 2.45) is 5.10 Å². The van der Waals surface area contributed by atoms with E-state index in [1.54, 1.807) is 18.3 Å². The van der Waals surface area contributed by atoms with Crippen molar-refractivity contribution in [3.8, 4) is 0 Å². The van der Waals surface area contributed by atoms with E-state index in [1.165, 1.54) is 16.4 Å². The molecule has 0 unspecified atom stereocenters. The van der Waals surface area contributed by atoms with Crippen LogP contribution in [0.1, 0.15) is 35.7 Å². The lowest BCUT2D eigenvalue weighted by Crippen LogP contribution is -2.28. The van der Waals surface area contributed by atoms with Crippen molar-refractivity contribution in [3.63, 3.8) is 0 Å². The molecule has 7 heteroatoms. The quantitative estimate of drug-likeness (QED) is 0.600. The summed E-state index contributed by atoms with van der Waals surface area (Å²) in [5, 5.41) is 3.96. The lowest BCUT2D eigenvalue weighted by molar-refractivity contribution is 0.0955. The predicted molar refractivity (Wildman–Crippen MR) is 110 cm³/mol. The Bertz CT molecular complexity index is 993. The first kappa shape index (κ1) is 20.0. The minimum Gasteiger partial charge on any atom is -0.267 e. The first-order valence-corrected chi connectivity index (χ1v) is 10.6. The van der Waals surface area contributed by atoms with Crippen molar-refractivity contribution in [2.45, 2.75) is 24.7 Å². The third-order valence-electron chi connectivity index (χ3n) is 4.43. The van der Waals surface area contributed by atoms with Crippen molar-refractivity contribution in [1.82, 2.24) is 9.73 Å². The Morgan fingerprint density at radius 2 is 1.79 bits per heavy atom. The first-order valence-electron chi connectivity index (χ1n) is 9.14. The largest absolute Gasteiger partial charge is 0.271 e. The molecule has 1 aliphatic rings. The van der Waals surface area contributed by atoms with Crippen LogP contribution in [0.15, 0.2) is 70.2 Å². The maximum absolute atomic E-state index is 12.6. The molecule has 0 atom stereocenters. The van der Waals surface area contributed by atoms with E-state index in [9.17, 15) is 13.2 Å². The second-order valence-corrected chi connectivity index (χ2v) is 8.58. The molecular weight excluding hydrogens is 374 g/mol. The summed E-state index contributed by atoms with van der Waals surface area (Å²) in [7, 11) is -3.56. The summed E-state index contributed by atoms with van der Waals surface area (Å²) < 4.78 is 26.7. The summed E-state index contributed by atoms with van der Waals surface area (Å²) in [6.07, 6.45) is 5.22. The Morgan fingerprint density at radius 3 is 2.50 bits per heavy atom. The van der Waals surface area contributed by atoms with Gasteiger partial charge in [-0.25, -0.2) is 13.8 Å². The number of allylic oxidation sites excluding steroid dienone is 1. The van der Waals surface area contributed by atoms with Gasteiger partial charge in [0.05, 0.1) is 11.1 Å². The summed E-state index contributed by atoms with van der Waals surface area (Å²) in [6.45, 7) is 2.93. The summed E-state index contributed by atoms with van der Waals surface area (Å²) in [6, 6.07) is 15.8. The van der Waals surface area contributed by atoms with E-state index in [4.69, 9.17) is 0 Å². The second kappa shape index (κ2) is 8.95. The van der Waals surface area contributed by atoms with Gasteiger partial charge in [-0.05, 0) is 49.1 Å². The highest BCUT2D eigenvalue weighted by atomic mass is 32.2. The van der Waals surface area contributed by atoms with Crippen molar-refractivity contribution in [2.75, 3.05) is 13.1 Å². The van der Waals surface area contributed by atoms with Crippen LogP contribution in [-0.2, 0) is 10.0 Å². The van der Waals surface area contributed by atoms with Crippen LogP contribution < -0.4 is 5.43 Å². The normalized spacial score (nSPS) is 15.8. The number of hydrogen-bond donors (Lipinski definition) is 1. The summed E-state index contributed by atoms with van der Waals surface area (Å²) in [5.41, 5.74) is 4.61. The lowest BCUT2D eigenvalue weighted by atomic mass is 10.1. The molecule has 1 N–H and O–H groups in total. The first-order chi connectivity index (χ1) is 13.5. The number of amides is 1. The standard InChI is InChI=1S/C21H23N3O3S/c1-17(14-18-8-3-2-4-9-18)16-22-23-21(25)19-10-7-11-20(15-19)28(26,27)24-12-5-6-13-24/h2-4,7-11,14-16H,5-6,12-13H2,1H3,(H,23,25)/b17-14+,22-16-. The van der Waals surface area contributed by atoms with Crippen LogP contribution in [-0.4, -0.2) is 37.9 Å². The average Bonchev–Trinajstić information content (AvgIpc) is 3.24. The maximum Gasteiger partial charge on any atom is 0.271 e. The van der Waals surface area contributed by atoms with Crippen LogP contribution in [0.3, 0.4) is 0 Å². The van der Waals surface area contributed by atoms with E-state index in [-0.39, 0.29) is 10.5 Å². The van der Waals surface area contributed by atoms with Gasteiger partial charge in [-0.3, -0.25) is 4.79 Å². The number of carbonyl (C=O) groups is 1. The molecule has 1 saturated heterocycles. The van der Waals surface area contributed by atoms with Gasteiger partial charge in [-0.15, -0.1) is 0 Å². The summed E-state index contributed by atoms with van der Waals surface area (Å²) in [5.74, 6) is -0.456. The molecule has 1 amide bonds. The van der Waals surface area contributed by atoms with Gasteiger partial charge in [-0.1, -0.05) is 42.5 Å². The minimum absolute atomic E-state index is 0.131. The van der Waals surface area contributed by atoms with Crippen LogP contribution in [0.4, 0.5) is 0 Å². The van der Waals surface area contributed by atoms with E-state index in [2.05, 4.69) is 10.5 Å². The number of nitrogens with zero attached hydrogens (tertiary/aromatic N) is 2. The van der Waals surface area contributed by atoms with Gasteiger partial charge >= 0.3 is 0 Å². The molecule has 0 saturated carbocycles. The highest BCUT2D eigenvalue weighted by Crippen LogP contribution is 2.21. The molecule has 2 aromatic carbocycles. The Labute approximate surface area is 165 Å². The maximum atomic E-state index is 12.6. The van der Waals surface area contributed by atoms with Crippen molar-refractivity contribution < 1.29 is 13.2 Å². The Kier molecular flexibility index (Phi) is 6.38. The fraction of sp³-hybridized carbons (Fsp3) is 0.238. The Balaban J connectivity index is 1.67. The van der Waals surface area contributed by atoms with Crippen LogP contribution >= 0.6 is 0 Å². The van der Waals surface area contributed by atoms with Crippen LogP contribution in [0, 0.1) is 0 Å². The summed E-state index contributed by atoms with van der Waals surface area (Å²) in [4.78, 5) is 12.5. The monoisotopic (exact) mass is 397 g/mol. The van der Waals surface area contributed by atoms with E-state index in [1.807, 2.05) is 43.3 Å². The molecule has 1 heterocycles. The van der Waals surface area contributed by atoms with E-state index >= 15 is 0 Å². The number of sulfonamides is 1. The smallest absolute Gasteiger partial charge is 0.267 e. The number of rotatable bonds is 6. The molecule has 0 spiro atoms. The zero-order chi connectivity index (χ0) is 20.0. The third-order valence-corrected chi connectivity index (χ3v) is 6.32. The number of nitrogens with one attached hydrogen (secondary N) is 1. The third kappa shape index (κ3) is 4.94. The van der Waals surface area contributed by atoms with Gasteiger partial charge in [0.15, 0.2) is 0 Å². The van der Waals surface area contributed by atoms with E-state index in [0.29, 0.717) is 13.1 Å². The number of hydrogen-bond acceptors (Lipinski definition) is 4. The molecule has 3 rings (SSSR count). The van der Waals surface area contributed by atoms with Crippen LogP contribution in [0.25, 0.3) is 6.08 Å². The molecule has 146 valence electrons. The molecule has 1 fully saturated rings. The molecule has 0 aromatic heterocycles. The molecule has 0 bridgehead atoms. The molecule has 0 aliphatic carbocycles.